The van der Waals surface area contributed by atoms with Gasteiger partial charge < -0.3 is 9.84 Å². The number of allylic oxidation sites excluding steroid dienone is 2. The van der Waals surface area contributed by atoms with E-state index in [-0.39, 0.29) is 5.97 Å². The molecule has 1 N–H and O–H groups in total. The number of carboxylic acids is 1. The molecule has 31 heavy (non-hydrogen) atoms. The van der Waals surface area contributed by atoms with Crippen molar-refractivity contribution in [3.8, 4) is 0 Å². The van der Waals surface area contributed by atoms with E-state index in [1.54, 1.807) is 0 Å². The lowest BCUT2D eigenvalue weighted by molar-refractivity contribution is -0.141. The van der Waals surface area contributed by atoms with Gasteiger partial charge in [0, 0.05) is 13.3 Å². The molecular formula is C27H52O4. The van der Waals surface area contributed by atoms with Crippen molar-refractivity contribution in [2.75, 3.05) is 6.61 Å². The molecular weight excluding hydrogens is 388 g/mol. The molecule has 0 radical (unpaired) electrons. The van der Waals surface area contributed by atoms with Gasteiger partial charge in [0.05, 0.1) is 6.61 Å². The number of hydrogen-bond donors (Lipinski definition) is 1. The molecule has 0 bridgehead atoms. The number of aliphatic carboxylic acids is 1. The second-order valence-electron chi connectivity index (χ2n) is 8.48. The van der Waals surface area contributed by atoms with E-state index in [4.69, 9.17) is 9.84 Å². The van der Waals surface area contributed by atoms with Crippen molar-refractivity contribution >= 4 is 11.9 Å². The minimum Gasteiger partial charge on any atom is -0.481 e. The van der Waals surface area contributed by atoms with Crippen LogP contribution in [0.2, 0.25) is 0 Å². The first kappa shape index (κ1) is 31.9. The number of hydrogen-bond acceptors (Lipinski definition) is 3. The molecule has 0 saturated heterocycles. The van der Waals surface area contributed by atoms with Crippen molar-refractivity contribution < 1.29 is 19.4 Å². The fraction of sp³-hybridized carbons (Fsp3) is 0.852. The topological polar surface area (TPSA) is 63.6 Å². The molecule has 0 spiro atoms. The summed E-state index contributed by atoms with van der Waals surface area (Å²) >= 11 is 0. The Morgan fingerprint density at radius 1 is 0.645 bits per heavy atom. The number of carboxylic acid groups (broad SMARTS) is 1. The lowest BCUT2D eigenvalue weighted by atomic mass is 10.1. The number of rotatable bonds is 21. The van der Waals surface area contributed by atoms with Crippen LogP contribution in [0.3, 0.4) is 0 Å². The van der Waals surface area contributed by atoms with Gasteiger partial charge in [-0.05, 0) is 38.5 Å². The van der Waals surface area contributed by atoms with Crippen LogP contribution in [0.5, 0.6) is 0 Å². The molecule has 0 aromatic carbocycles. The highest BCUT2D eigenvalue weighted by atomic mass is 16.5. The number of esters is 1. The van der Waals surface area contributed by atoms with Crippen LogP contribution in [0, 0.1) is 0 Å². The summed E-state index contributed by atoms with van der Waals surface area (Å²) in [7, 11) is 0. The highest BCUT2D eigenvalue weighted by Crippen LogP contribution is 2.09. The van der Waals surface area contributed by atoms with Crippen LogP contribution < -0.4 is 0 Å². The van der Waals surface area contributed by atoms with Gasteiger partial charge in [0.15, 0.2) is 0 Å². The van der Waals surface area contributed by atoms with Crippen LogP contribution in [0.25, 0.3) is 0 Å². The Kier molecular flexibility index (Phi) is 29.5. The summed E-state index contributed by atoms with van der Waals surface area (Å²) in [4.78, 5) is 20.6. The van der Waals surface area contributed by atoms with Gasteiger partial charge in [-0.25, -0.2) is 0 Å². The van der Waals surface area contributed by atoms with Gasteiger partial charge in [0.25, 0.3) is 0 Å². The largest absolute Gasteiger partial charge is 0.481 e. The molecule has 0 aliphatic rings. The predicted octanol–water partition coefficient (Wildman–Crippen LogP) is 8.63. The van der Waals surface area contributed by atoms with E-state index in [0.29, 0.717) is 13.0 Å². The maximum Gasteiger partial charge on any atom is 0.303 e. The number of ether oxygens (including phenoxy) is 1. The van der Waals surface area contributed by atoms with Crippen molar-refractivity contribution in [2.45, 2.75) is 143 Å². The zero-order chi connectivity index (χ0) is 23.4. The zero-order valence-electron chi connectivity index (χ0n) is 21.0. The number of unbranched alkanes of at least 4 members (excludes halogenated alkanes) is 15. The van der Waals surface area contributed by atoms with Crippen molar-refractivity contribution in [2.24, 2.45) is 0 Å². The molecule has 4 nitrogen and oxygen atoms in total. The van der Waals surface area contributed by atoms with Crippen LogP contribution >= 0.6 is 0 Å². The minimum atomic E-state index is -0.664. The predicted molar refractivity (Wildman–Crippen MR) is 132 cm³/mol. The quantitative estimate of drug-likeness (QED) is 0.110. The standard InChI is InChI=1S/C18H34O2.C9H18O2/c1-2-3-4-5-6-7-8-9-10-11-12-13-14-15-16-17-18(19)20;1-3-4-5-6-7-8-11-9(2)10/h9-10H,2-8,11-17H2,1H3,(H,19,20);3-8H2,1-2H3/b10-9-;. The molecule has 0 rings (SSSR count). The smallest absolute Gasteiger partial charge is 0.303 e. The molecule has 0 aromatic heterocycles. The third-order valence-electron chi connectivity index (χ3n) is 5.21. The zero-order valence-corrected chi connectivity index (χ0v) is 21.0. The Balaban J connectivity index is 0. The van der Waals surface area contributed by atoms with E-state index in [1.807, 2.05) is 0 Å². The highest BCUT2D eigenvalue weighted by Gasteiger charge is 1.96. The van der Waals surface area contributed by atoms with Gasteiger partial charge in [0.1, 0.15) is 0 Å². The first-order valence-electron chi connectivity index (χ1n) is 13.0. The van der Waals surface area contributed by atoms with E-state index in [9.17, 15) is 9.59 Å². The minimum absolute atomic E-state index is 0.166. The Morgan fingerprint density at radius 3 is 1.52 bits per heavy atom. The first-order chi connectivity index (χ1) is 15.0. The molecule has 0 fully saturated rings. The Labute approximate surface area is 193 Å². The second-order valence-corrected chi connectivity index (χ2v) is 8.48. The Bertz CT molecular complexity index is 404. The SMILES string of the molecule is CCCCCCCC/C=C\CCCCCCCC(=O)O.CCCCCCCOC(C)=O. The molecule has 0 saturated carbocycles. The average molecular weight is 441 g/mol. The van der Waals surface area contributed by atoms with E-state index in [0.717, 1.165) is 19.3 Å². The number of carbonyl (C=O) groups is 2. The van der Waals surface area contributed by atoms with Gasteiger partial charge in [-0.1, -0.05) is 103 Å². The molecule has 0 unspecified atom stereocenters. The fourth-order valence-electron chi connectivity index (χ4n) is 3.27. The van der Waals surface area contributed by atoms with Crippen LogP contribution in [-0.4, -0.2) is 23.7 Å². The Morgan fingerprint density at radius 2 is 1.06 bits per heavy atom. The molecule has 184 valence electrons. The maximum atomic E-state index is 10.3. The summed E-state index contributed by atoms with van der Waals surface area (Å²) in [5.41, 5.74) is 0. The van der Waals surface area contributed by atoms with Crippen LogP contribution in [0.4, 0.5) is 0 Å². The van der Waals surface area contributed by atoms with E-state index in [1.165, 1.54) is 103 Å². The highest BCUT2D eigenvalue weighted by molar-refractivity contribution is 5.66. The summed E-state index contributed by atoms with van der Waals surface area (Å²) in [5.74, 6) is -0.830. The molecule has 0 aliphatic carbocycles. The van der Waals surface area contributed by atoms with Crippen LogP contribution in [-0.2, 0) is 14.3 Å². The summed E-state index contributed by atoms with van der Waals surface area (Å²) in [6.45, 7) is 6.49. The molecule has 0 aliphatic heterocycles. The molecule has 0 heterocycles. The molecule has 0 amide bonds. The normalized spacial score (nSPS) is 10.7. The molecule has 4 heteroatoms. The van der Waals surface area contributed by atoms with E-state index >= 15 is 0 Å². The van der Waals surface area contributed by atoms with Crippen molar-refractivity contribution in [1.29, 1.82) is 0 Å². The second kappa shape index (κ2) is 28.7. The van der Waals surface area contributed by atoms with Gasteiger partial charge in [-0.2, -0.15) is 0 Å². The van der Waals surface area contributed by atoms with Crippen molar-refractivity contribution in [3.05, 3.63) is 12.2 Å². The summed E-state index contributed by atoms with van der Waals surface area (Å²) in [6.07, 6.45) is 27.2. The maximum absolute atomic E-state index is 10.3. The lowest BCUT2D eigenvalue weighted by Gasteiger charge is -2.00. The monoisotopic (exact) mass is 440 g/mol. The van der Waals surface area contributed by atoms with E-state index in [2.05, 4.69) is 26.0 Å². The first-order valence-corrected chi connectivity index (χ1v) is 13.0. The molecule has 0 atom stereocenters. The van der Waals surface area contributed by atoms with Gasteiger partial charge >= 0.3 is 11.9 Å². The van der Waals surface area contributed by atoms with Gasteiger partial charge in [-0.15, -0.1) is 0 Å². The summed E-state index contributed by atoms with van der Waals surface area (Å²) in [6, 6.07) is 0. The summed E-state index contributed by atoms with van der Waals surface area (Å²) in [5, 5.41) is 8.51. The fourth-order valence-corrected chi connectivity index (χ4v) is 3.27. The average Bonchev–Trinajstić information content (AvgIpc) is 2.73. The summed E-state index contributed by atoms with van der Waals surface area (Å²) < 4.78 is 4.78. The third-order valence-corrected chi connectivity index (χ3v) is 5.21. The van der Waals surface area contributed by atoms with Crippen molar-refractivity contribution in [1.82, 2.24) is 0 Å². The van der Waals surface area contributed by atoms with Crippen LogP contribution in [0.1, 0.15) is 143 Å². The Hall–Kier alpha value is -1.32. The van der Waals surface area contributed by atoms with Gasteiger partial charge in [-0.3, -0.25) is 9.59 Å². The van der Waals surface area contributed by atoms with Gasteiger partial charge in [0.2, 0.25) is 0 Å². The molecule has 0 aromatic rings. The lowest BCUT2D eigenvalue weighted by Crippen LogP contribution is -1.99. The third kappa shape index (κ3) is 36.4. The van der Waals surface area contributed by atoms with Crippen molar-refractivity contribution in [3.63, 3.8) is 0 Å². The van der Waals surface area contributed by atoms with E-state index < -0.39 is 5.97 Å². The number of carbonyl (C=O) groups excluding carboxylic acids is 1. The van der Waals surface area contributed by atoms with Crippen LogP contribution in [0.15, 0.2) is 12.2 Å².